The summed E-state index contributed by atoms with van der Waals surface area (Å²) >= 11 is 0. The van der Waals surface area contributed by atoms with E-state index in [0.717, 1.165) is 44.5 Å². The number of fused-ring (bicyclic) bond motifs is 2. The summed E-state index contributed by atoms with van der Waals surface area (Å²) < 4.78 is 14.4. The number of aromatic amines is 2. The van der Waals surface area contributed by atoms with E-state index in [1.165, 1.54) is 6.07 Å². The summed E-state index contributed by atoms with van der Waals surface area (Å²) in [6.07, 6.45) is 6.73. The van der Waals surface area contributed by atoms with Gasteiger partial charge in [0, 0.05) is 40.5 Å². The van der Waals surface area contributed by atoms with Crippen LogP contribution < -0.4 is 0 Å². The van der Waals surface area contributed by atoms with Crippen molar-refractivity contribution in [2.45, 2.75) is 0 Å². The summed E-state index contributed by atoms with van der Waals surface area (Å²) in [7, 11) is 0. The number of pyridine rings is 1. The Morgan fingerprint density at radius 2 is 1.74 bits per heavy atom. The summed E-state index contributed by atoms with van der Waals surface area (Å²) in [4.78, 5) is 16.3. The van der Waals surface area contributed by atoms with Gasteiger partial charge in [0.15, 0.2) is 0 Å². The Balaban J connectivity index is 1.53. The molecule has 6 nitrogen and oxygen atoms in total. The van der Waals surface area contributed by atoms with Crippen LogP contribution in [0.2, 0.25) is 0 Å². The highest BCUT2D eigenvalue weighted by Crippen LogP contribution is 2.34. The van der Waals surface area contributed by atoms with Crippen LogP contribution in [0.1, 0.15) is 0 Å². The zero-order valence-corrected chi connectivity index (χ0v) is 16.2. The lowest BCUT2D eigenvalue weighted by molar-refractivity contribution is 0.631. The summed E-state index contributed by atoms with van der Waals surface area (Å²) in [6, 6.07) is 16.5. The fraction of sp³-hybridized carbons (Fsp3) is 0. The van der Waals surface area contributed by atoms with Crippen molar-refractivity contribution < 1.29 is 4.39 Å². The van der Waals surface area contributed by atoms with Gasteiger partial charge < -0.3 is 4.98 Å². The Morgan fingerprint density at radius 1 is 0.806 bits per heavy atom. The Bertz CT molecular complexity index is 1550. The fourth-order valence-electron chi connectivity index (χ4n) is 3.90. The molecule has 0 saturated carbocycles. The zero-order chi connectivity index (χ0) is 20.8. The van der Waals surface area contributed by atoms with E-state index >= 15 is 0 Å². The molecule has 0 aliphatic carbocycles. The molecule has 0 amide bonds. The van der Waals surface area contributed by atoms with Gasteiger partial charge in [0.2, 0.25) is 0 Å². The maximum atomic E-state index is 14.4. The molecule has 31 heavy (non-hydrogen) atoms. The molecule has 0 atom stereocenters. The third kappa shape index (κ3) is 2.86. The molecule has 0 saturated heterocycles. The van der Waals surface area contributed by atoms with Gasteiger partial charge in [0.1, 0.15) is 17.2 Å². The minimum absolute atomic E-state index is 0.267. The average molecular weight is 406 g/mol. The molecule has 0 fully saturated rings. The van der Waals surface area contributed by atoms with E-state index in [9.17, 15) is 4.39 Å². The second-order valence-corrected chi connectivity index (χ2v) is 7.21. The predicted octanol–water partition coefficient (Wildman–Crippen LogP) is 5.37. The zero-order valence-electron chi connectivity index (χ0n) is 16.2. The third-order valence-electron chi connectivity index (χ3n) is 5.37. The van der Waals surface area contributed by atoms with Crippen LogP contribution in [0.25, 0.3) is 55.7 Å². The van der Waals surface area contributed by atoms with Crippen LogP contribution in [0.3, 0.4) is 0 Å². The van der Waals surface area contributed by atoms with Crippen molar-refractivity contribution in [1.82, 2.24) is 30.1 Å². The van der Waals surface area contributed by atoms with Crippen LogP contribution in [0.4, 0.5) is 4.39 Å². The third-order valence-corrected chi connectivity index (χ3v) is 5.37. The van der Waals surface area contributed by atoms with Gasteiger partial charge >= 0.3 is 0 Å². The van der Waals surface area contributed by atoms with E-state index in [1.54, 1.807) is 36.9 Å². The van der Waals surface area contributed by atoms with Gasteiger partial charge in [0.25, 0.3) is 0 Å². The van der Waals surface area contributed by atoms with Crippen LogP contribution in [-0.4, -0.2) is 30.1 Å². The Labute approximate surface area is 175 Å². The average Bonchev–Trinajstić information content (AvgIpc) is 3.43. The highest BCUT2D eigenvalue weighted by molar-refractivity contribution is 6.00. The van der Waals surface area contributed by atoms with Crippen molar-refractivity contribution in [3.05, 3.63) is 85.2 Å². The molecule has 7 heteroatoms. The first-order valence-electron chi connectivity index (χ1n) is 9.75. The summed E-state index contributed by atoms with van der Waals surface area (Å²) in [6.45, 7) is 0. The fourth-order valence-corrected chi connectivity index (χ4v) is 3.90. The topological polar surface area (TPSA) is 83.1 Å². The lowest BCUT2D eigenvalue weighted by atomic mass is 10.0. The molecular formula is C24H15FN6. The Kier molecular flexibility index (Phi) is 3.86. The van der Waals surface area contributed by atoms with E-state index in [4.69, 9.17) is 0 Å². The molecule has 2 N–H and O–H groups in total. The normalized spacial score (nSPS) is 11.4. The molecule has 0 unspecified atom stereocenters. The number of aromatic nitrogens is 6. The van der Waals surface area contributed by atoms with Gasteiger partial charge in [0.05, 0.1) is 23.1 Å². The number of nitrogens with one attached hydrogen (secondary N) is 2. The molecule has 6 rings (SSSR count). The monoisotopic (exact) mass is 406 g/mol. The first-order chi connectivity index (χ1) is 15.3. The van der Waals surface area contributed by atoms with Crippen LogP contribution in [0.15, 0.2) is 79.4 Å². The molecule has 0 aliphatic rings. The first-order valence-corrected chi connectivity index (χ1v) is 9.75. The summed E-state index contributed by atoms with van der Waals surface area (Å²) in [5, 5.41) is 9.38. The minimum Gasteiger partial charge on any atom is -0.338 e. The molecule has 0 spiro atoms. The van der Waals surface area contributed by atoms with Crippen LogP contribution in [0, 0.1) is 5.82 Å². The maximum absolute atomic E-state index is 14.4. The number of nitrogens with zero attached hydrogens (tertiary/aromatic N) is 4. The van der Waals surface area contributed by atoms with Crippen LogP contribution >= 0.6 is 0 Å². The number of rotatable bonds is 3. The lowest BCUT2D eigenvalue weighted by Gasteiger charge is -2.04. The Hall–Kier alpha value is -4.39. The molecule has 148 valence electrons. The number of hydrogen-bond donors (Lipinski definition) is 2. The largest absolute Gasteiger partial charge is 0.338 e. The molecule has 6 aromatic rings. The van der Waals surface area contributed by atoms with E-state index < -0.39 is 0 Å². The van der Waals surface area contributed by atoms with Crippen LogP contribution in [0.5, 0.6) is 0 Å². The van der Waals surface area contributed by atoms with E-state index in [0.29, 0.717) is 11.2 Å². The van der Waals surface area contributed by atoms with Gasteiger partial charge in [-0.2, -0.15) is 5.10 Å². The lowest BCUT2D eigenvalue weighted by Crippen LogP contribution is -1.85. The molecule has 4 aromatic heterocycles. The SMILES string of the molecule is Fc1ccccc1-c1ccnc2[nH]c(-c3n[nH]c4ccc(-c5cnccn5)cc34)cc12. The first kappa shape index (κ1) is 17.5. The van der Waals surface area contributed by atoms with Crippen molar-refractivity contribution in [2.75, 3.05) is 0 Å². The van der Waals surface area contributed by atoms with Gasteiger partial charge in [-0.25, -0.2) is 9.37 Å². The molecule has 0 radical (unpaired) electrons. The minimum atomic E-state index is -0.267. The van der Waals surface area contributed by atoms with E-state index in [-0.39, 0.29) is 5.82 Å². The van der Waals surface area contributed by atoms with Crippen LogP contribution in [-0.2, 0) is 0 Å². The molecule has 2 aromatic carbocycles. The molecule has 4 heterocycles. The van der Waals surface area contributed by atoms with Crippen molar-refractivity contribution in [2.24, 2.45) is 0 Å². The smallest absolute Gasteiger partial charge is 0.138 e. The molecule has 0 bridgehead atoms. The van der Waals surface area contributed by atoms with Crippen molar-refractivity contribution in [1.29, 1.82) is 0 Å². The van der Waals surface area contributed by atoms with Crippen molar-refractivity contribution in [3.63, 3.8) is 0 Å². The summed E-state index contributed by atoms with van der Waals surface area (Å²) in [5.74, 6) is -0.267. The number of benzene rings is 2. The summed E-state index contributed by atoms with van der Waals surface area (Å²) in [5.41, 5.74) is 6.21. The second kappa shape index (κ2) is 6.84. The molecule has 0 aliphatic heterocycles. The van der Waals surface area contributed by atoms with Gasteiger partial charge in [-0.15, -0.1) is 0 Å². The second-order valence-electron chi connectivity index (χ2n) is 7.21. The quantitative estimate of drug-likeness (QED) is 0.414. The van der Waals surface area contributed by atoms with E-state index in [1.807, 2.05) is 36.4 Å². The number of hydrogen-bond acceptors (Lipinski definition) is 4. The standard InChI is InChI=1S/C24H15FN6/c25-19-4-2-1-3-16(19)15-7-8-28-24-17(15)12-21(29-24)23-18-11-14(5-6-20(18)30-31-23)22-13-26-9-10-27-22/h1-13H,(H,28,29)(H,30,31). The number of halogens is 1. The van der Waals surface area contributed by atoms with Crippen molar-refractivity contribution in [3.8, 4) is 33.8 Å². The van der Waals surface area contributed by atoms with E-state index in [2.05, 4.69) is 30.1 Å². The van der Waals surface area contributed by atoms with Gasteiger partial charge in [-0.1, -0.05) is 24.3 Å². The maximum Gasteiger partial charge on any atom is 0.138 e. The highest BCUT2D eigenvalue weighted by atomic mass is 19.1. The van der Waals surface area contributed by atoms with Gasteiger partial charge in [-0.3, -0.25) is 15.1 Å². The Morgan fingerprint density at radius 3 is 2.61 bits per heavy atom. The number of H-pyrrole nitrogens is 2. The van der Waals surface area contributed by atoms with Gasteiger partial charge in [-0.05, 0) is 35.9 Å². The molecular weight excluding hydrogens is 391 g/mol. The predicted molar refractivity (Wildman–Crippen MR) is 118 cm³/mol. The highest BCUT2D eigenvalue weighted by Gasteiger charge is 2.16. The van der Waals surface area contributed by atoms with Crippen molar-refractivity contribution >= 4 is 21.9 Å².